The summed E-state index contributed by atoms with van der Waals surface area (Å²) in [5, 5.41) is 5.55. The van der Waals surface area contributed by atoms with Crippen molar-refractivity contribution >= 4 is 24.3 Å². The molecule has 0 bridgehead atoms. The number of hydrogen-bond acceptors (Lipinski definition) is 11. The fourth-order valence-electron chi connectivity index (χ4n) is 6.62. The Hall–Kier alpha value is -5.58. The molecule has 1 saturated heterocycles. The number of rotatable bonds is 17. The van der Waals surface area contributed by atoms with Gasteiger partial charge in [0.25, 0.3) is 5.91 Å². The number of H-pyrrole nitrogens is 2. The smallest absolute Gasteiger partial charge is 0.407 e. The minimum Gasteiger partial charge on any atom is -0.453 e. The summed E-state index contributed by atoms with van der Waals surface area (Å²) in [4.78, 5) is 70.3. The minimum atomic E-state index is -0.963. The Bertz CT molecular complexity index is 1930. The minimum absolute atomic E-state index is 0.0138. The number of ether oxygens (including phenoxy) is 3. The number of carbonyl (C=O) groups is 3. The fourth-order valence-corrected chi connectivity index (χ4v) is 6.62. The van der Waals surface area contributed by atoms with Gasteiger partial charge in [-0.15, -0.1) is 0 Å². The molecule has 1 aliphatic rings. The van der Waals surface area contributed by atoms with E-state index in [0.29, 0.717) is 12.4 Å². The Kier molecular flexibility index (Phi) is 14.4. The van der Waals surface area contributed by atoms with Gasteiger partial charge < -0.3 is 44.6 Å². The van der Waals surface area contributed by atoms with E-state index < -0.39 is 42.3 Å². The van der Waals surface area contributed by atoms with Crippen LogP contribution in [0.15, 0.2) is 65.9 Å². The first-order chi connectivity index (χ1) is 27.0. The molecule has 0 unspecified atom stereocenters. The lowest BCUT2D eigenvalue weighted by Crippen LogP contribution is -2.54. The van der Waals surface area contributed by atoms with Gasteiger partial charge in [0, 0.05) is 20.8 Å². The van der Waals surface area contributed by atoms with Crippen LogP contribution in [0.5, 0.6) is 0 Å². The van der Waals surface area contributed by atoms with Gasteiger partial charge in [0.1, 0.15) is 17.7 Å². The fraction of sp³-hybridized carbons (Fsp3) is 0.450. The highest BCUT2D eigenvalue weighted by atomic mass is 17.2. The highest BCUT2D eigenvalue weighted by molar-refractivity contribution is 5.86. The number of benzene rings is 2. The topological polar surface area (TPSA) is 194 Å². The second-order valence-electron chi connectivity index (χ2n) is 13.9. The summed E-state index contributed by atoms with van der Waals surface area (Å²) in [6, 6.07) is 13.9. The van der Waals surface area contributed by atoms with Crippen LogP contribution in [-0.2, 0) is 33.6 Å². The van der Waals surface area contributed by atoms with E-state index in [2.05, 4.69) is 52.6 Å². The van der Waals surface area contributed by atoms with Crippen molar-refractivity contribution in [2.75, 3.05) is 35.0 Å². The van der Waals surface area contributed by atoms with Crippen LogP contribution < -0.4 is 10.6 Å². The van der Waals surface area contributed by atoms with Crippen LogP contribution in [0.4, 0.5) is 4.79 Å². The monoisotopic (exact) mass is 772 g/mol. The normalized spacial score (nSPS) is 17.0. The molecule has 56 heavy (non-hydrogen) atoms. The number of hydrogen-bond donors (Lipinski definition) is 4. The van der Waals surface area contributed by atoms with Crippen LogP contribution in [0.1, 0.15) is 64.3 Å². The molecule has 3 heterocycles. The van der Waals surface area contributed by atoms with Crippen molar-refractivity contribution in [2.45, 2.75) is 76.9 Å². The summed E-state index contributed by atoms with van der Waals surface area (Å²) in [7, 11) is 5.61. The Labute approximate surface area is 326 Å². The van der Waals surface area contributed by atoms with Crippen LogP contribution in [-0.4, -0.2) is 108 Å². The molecule has 300 valence electrons. The van der Waals surface area contributed by atoms with Crippen molar-refractivity contribution < 1.29 is 38.4 Å². The summed E-state index contributed by atoms with van der Waals surface area (Å²) in [5.74, 6) is 0.710. The lowest BCUT2D eigenvalue weighted by atomic mass is 10.0. The molecule has 0 spiro atoms. The van der Waals surface area contributed by atoms with E-state index in [1.807, 2.05) is 50.2 Å². The highest BCUT2D eigenvalue weighted by Gasteiger charge is 2.38. The third kappa shape index (κ3) is 9.80. The second-order valence-corrected chi connectivity index (χ2v) is 13.9. The quantitative estimate of drug-likeness (QED) is 0.0469. The first kappa shape index (κ1) is 41.6. The van der Waals surface area contributed by atoms with Crippen LogP contribution >= 0.6 is 0 Å². The summed E-state index contributed by atoms with van der Waals surface area (Å²) in [6.07, 6.45) is 4.49. The Morgan fingerprint density at radius 1 is 0.821 bits per heavy atom. The van der Waals surface area contributed by atoms with E-state index >= 15 is 0 Å². The maximum atomic E-state index is 13.6. The molecule has 0 saturated carbocycles. The van der Waals surface area contributed by atoms with E-state index in [0.717, 1.165) is 58.7 Å². The molecule has 6 atom stereocenters. The number of aliphatic imine (C=N–C) groups is 1. The van der Waals surface area contributed by atoms with Crippen LogP contribution in [0.25, 0.3) is 33.6 Å². The predicted molar refractivity (Wildman–Crippen MR) is 209 cm³/mol. The second kappa shape index (κ2) is 19.3. The standard InChI is InChI=1S/C40H52N8O8/c1-23(2)33(46-38(49)34(24(3)52-5)47-40(51)54-7)37-42-21-31(45-37)29-17-13-27(14-18-29)26-11-15-28(16-12-26)30-20-41-36(44-30)32-10-9-19-48(32)39(50)35(25(4)53-6)43-22-56-55-8/h11-18,20-25,32-35H,9-10,19H2,1-8H3,(H,41,44)(H,42,45)(H,46,49)(H,47,51)/b43-22+/t24-,25-,32+,33+,34+,35+/m1/s1. The number of nitrogens with one attached hydrogen (secondary N) is 4. The third-order valence-electron chi connectivity index (χ3n) is 10.0. The summed E-state index contributed by atoms with van der Waals surface area (Å²) in [6.45, 7) is 8.03. The molecule has 4 aromatic rings. The zero-order valence-corrected chi connectivity index (χ0v) is 33.1. The van der Waals surface area contributed by atoms with Crippen LogP contribution in [0, 0.1) is 5.92 Å². The van der Waals surface area contributed by atoms with Gasteiger partial charge >= 0.3 is 6.09 Å². The molecule has 2 aromatic heterocycles. The zero-order valence-electron chi connectivity index (χ0n) is 33.1. The number of likely N-dealkylation sites (tertiary alicyclic amines) is 1. The highest BCUT2D eigenvalue weighted by Crippen LogP contribution is 2.34. The Balaban J connectivity index is 1.25. The van der Waals surface area contributed by atoms with Gasteiger partial charge in [0.15, 0.2) is 6.04 Å². The molecule has 2 aromatic carbocycles. The van der Waals surface area contributed by atoms with Gasteiger partial charge in [-0.2, -0.15) is 4.89 Å². The maximum Gasteiger partial charge on any atom is 0.407 e. The Morgan fingerprint density at radius 2 is 1.41 bits per heavy atom. The molecule has 0 radical (unpaired) electrons. The number of alkyl carbamates (subject to hydrolysis) is 1. The van der Waals surface area contributed by atoms with E-state index in [-0.39, 0.29) is 17.9 Å². The molecule has 0 aliphatic carbocycles. The first-order valence-electron chi connectivity index (χ1n) is 18.5. The van der Waals surface area contributed by atoms with Crippen LogP contribution in [0.3, 0.4) is 0 Å². The van der Waals surface area contributed by atoms with Crippen molar-refractivity contribution in [3.63, 3.8) is 0 Å². The van der Waals surface area contributed by atoms with E-state index in [9.17, 15) is 14.4 Å². The summed E-state index contributed by atoms with van der Waals surface area (Å²) in [5.41, 5.74) is 5.62. The van der Waals surface area contributed by atoms with Crippen molar-refractivity contribution in [1.29, 1.82) is 0 Å². The first-order valence-corrected chi connectivity index (χ1v) is 18.5. The van der Waals surface area contributed by atoms with Gasteiger partial charge in [-0.1, -0.05) is 62.4 Å². The molecular formula is C40H52N8O8. The van der Waals surface area contributed by atoms with Gasteiger partial charge in [-0.3, -0.25) is 9.59 Å². The third-order valence-corrected chi connectivity index (χ3v) is 10.0. The molecule has 1 fully saturated rings. The van der Waals surface area contributed by atoms with Crippen molar-refractivity contribution in [2.24, 2.45) is 10.9 Å². The molecule has 16 nitrogen and oxygen atoms in total. The molecule has 4 N–H and O–H groups in total. The largest absolute Gasteiger partial charge is 0.453 e. The van der Waals surface area contributed by atoms with Crippen LogP contribution in [0.2, 0.25) is 0 Å². The lowest BCUT2D eigenvalue weighted by Gasteiger charge is -2.28. The van der Waals surface area contributed by atoms with Crippen molar-refractivity contribution in [3.8, 4) is 33.6 Å². The molecule has 5 rings (SSSR count). The summed E-state index contributed by atoms with van der Waals surface area (Å²) < 4.78 is 15.5. The SMILES string of the molecule is COO/C=N/[C@H](C(=O)N1CCC[C@H]1c1ncc(-c2ccc(-c3ccc(-c4cnc([C@@H](NC(=O)[C@@H](NC(=O)OC)[C@@H](C)OC)C(C)C)[nH]4)cc3)cc2)[nH]1)[C@@H](C)OC. The number of methoxy groups -OCH3 is 3. The lowest BCUT2D eigenvalue weighted by molar-refractivity contribution is -0.188. The zero-order chi connectivity index (χ0) is 40.4. The van der Waals surface area contributed by atoms with Crippen molar-refractivity contribution in [3.05, 3.63) is 72.6 Å². The molecule has 16 heteroatoms. The van der Waals surface area contributed by atoms with Gasteiger partial charge in [-0.25, -0.2) is 19.8 Å². The van der Waals surface area contributed by atoms with E-state index in [1.165, 1.54) is 21.3 Å². The van der Waals surface area contributed by atoms with Gasteiger partial charge in [0.05, 0.1) is 62.3 Å². The number of imidazole rings is 2. The summed E-state index contributed by atoms with van der Waals surface area (Å²) >= 11 is 0. The number of nitrogens with zero attached hydrogens (tertiary/aromatic N) is 4. The van der Waals surface area contributed by atoms with E-state index in [4.69, 9.17) is 19.1 Å². The number of amides is 3. The Morgan fingerprint density at radius 3 is 1.98 bits per heavy atom. The van der Waals surface area contributed by atoms with Gasteiger partial charge in [0.2, 0.25) is 12.3 Å². The number of aromatic nitrogens is 4. The maximum absolute atomic E-state index is 13.6. The van der Waals surface area contributed by atoms with Gasteiger partial charge in [-0.05, 0) is 54.9 Å². The number of carbonyl (C=O) groups excluding carboxylic acids is 3. The molecule has 1 aliphatic heterocycles. The van der Waals surface area contributed by atoms with E-state index in [1.54, 1.807) is 38.3 Å². The molecular weight excluding hydrogens is 720 g/mol. The average molecular weight is 773 g/mol. The van der Waals surface area contributed by atoms with Crippen molar-refractivity contribution in [1.82, 2.24) is 35.5 Å². The predicted octanol–water partition coefficient (Wildman–Crippen LogP) is 5.38. The average Bonchev–Trinajstić information content (AvgIpc) is 4.02. The molecule has 3 amide bonds. The number of aromatic amines is 2.